The molecule has 0 radical (unpaired) electrons. The zero-order valence-electron chi connectivity index (χ0n) is 8.56. The van der Waals surface area contributed by atoms with Crippen LogP contribution in [0.3, 0.4) is 0 Å². The highest BCUT2D eigenvalue weighted by Gasteiger charge is 2.22. The Hall–Kier alpha value is -1.13. The van der Waals surface area contributed by atoms with Gasteiger partial charge in [-0.05, 0) is 31.4 Å². The molecule has 0 saturated heterocycles. The van der Waals surface area contributed by atoms with Crippen LogP contribution in [0.4, 0.5) is 0 Å². The molecule has 1 rings (SSSR count). The Bertz CT molecular complexity index is 268. The fraction of sp³-hybridized carbons (Fsp3) is 0.545. The summed E-state index contributed by atoms with van der Waals surface area (Å²) in [5.41, 5.74) is 0.498. The van der Waals surface area contributed by atoms with Crippen molar-refractivity contribution in [1.29, 1.82) is 0 Å². The Morgan fingerprint density at radius 2 is 2.20 bits per heavy atom. The van der Waals surface area contributed by atoms with E-state index < -0.39 is 0 Å². The first kappa shape index (κ1) is 11.9. The fourth-order valence-electron chi connectivity index (χ4n) is 1.41. The van der Waals surface area contributed by atoms with Crippen LogP contribution in [0.25, 0.3) is 0 Å². The summed E-state index contributed by atoms with van der Waals surface area (Å²) in [7, 11) is 0. The lowest BCUT2D eigenvalue weighted by atomic mass is 10.1. The Labute approximate surface area is 88.9 Å². The smallest absolute Gasteiger partial charge is 0.338 e. The van der Waals surface area contributed by atoms with Gasteiger partial charge in [-0.2, -0.15) is 0 Å². The predicted octanol–water partition coefficient (Wildman–Crippen LogP) is 0.549. The van der Waals surface area contributed by atoms with E-state index in [4.69, 9.17) is 14.9 Å². The number of carbonyl (C=O) groups is 1. The SMILES string of the molecule is O=C1O[C@@H](CCCCO)C=C1/C=C/CO. The Kier molecular flexibility index (Phi) is 5.07. The number of cyclic esters (lactones) is 1. The molecule has 0 aromatic rings. The van der Waals surface area contributed by atoms with E-state index in [9.17, 15) is 4.79 Å². The molecule has 4 heteroatoms. The second-order valence-electron chi connectivity index (χ2n) is 3.37. The van der Waals surface area contributed by atoms with E-state index in [1.165, 1.54) is 6.08 Å². The molecule has 4 nitrogen and oxygen atoms in total. The fourth-order valence-corrected chi connectivity index (χ4v) is 1.41. The normalized spacial score (nSPS) is 20.8. The minimum absolute atomic E-state index is 0.0835. The summed E-state index contributed by atoms with van der Waals surface area (Å²) in [5.74, 6) is -0.339. The zero-order valence-corrected chi connectivity index (χ0v) is 8.56. The number of unbranched alkanes of at least 4 members (excludes halogenated alkanes) is 1. The Morgan fingerprint density at radius 1 is 1.40 bits per heavy atom. The summed E-state index contributed by atoms with van der Waals surface area (Å²) in [6, 6.07) is 0. The van der Waals surface area contributed by atoms with Crippen LogP contribution in [0.15, 0.2) is 23.8 Å². The molecule has 0 bridgehead atoms. The number of rotatable bonds is 6. The van der Waals surface area contributed by atoms with Gasteiger partial charge in [-0.1, -0.05) is 6.08 Å². The van der Waals surface area contributed by atoms with Crippen molar-refractivity contribution in [3.63, 3.8) is 0 Å². The quantitative estimate of drug-likeness (QED) is 0.498. The van der Waals surface area contributed by atoms with Crippen molar-refractivity contribution in [2.24, 2.45) is 0 Å². The van der Waals surface area contributed by atoms with Gasteiger partial charge >= 0.3 is 5.97 Å². The molecular weight excluding hydrogens is 196 g/mol. The minimum Gasteiger partial charge on any atom is -0.455 e. The molecule has 1 atom stereocenters. The van der Waals surface area contributed by atoms with Gasteiger partial charge in [0.1, 0.15) is 6.10 Å². The van der Waals surface area contributed by atoms with Crippen molar-refractivity contribution < 1.29 is 19.7 Å². The van der Waals surface area contributed by atoms with Crippen LogP contribution in [0.2, 0.25) is 0 Å². The molecule has 0 saturated carbocycles. The van der Waals surface area contributed by atoms with Gasteiger partial charge in [-0.25, -0.2) is 4.79 Å². The van der Waals surface area contributed by atoms with E-state index in [2.05, 4.69) is 0 Å². The van der Waals surface area contributed by atoms with Gasteiger partial charge < -0.3 is 14.9 Å². The third-order valence-electron chi connectivity index (χ3n) is 2.16. The first-order valence-corrected chi connectivity index (χ1v) is 5.09. The summed E-state index contributed by atoms with van der Waals surface area (Å²) in [4.78, 5) is 11.3. The van der Waals surface area contributed by atoms with Gasteiger partial charge in [0.25, 0.3) is 0 Å². The number of aliphatic hydroxyl groups excluding tert-OH is 2. The number of ether oxygens (including phenoxy) is 1. The lowest BCUT2D eigenvalue weighted by molar-refractivity contribution is -0.139. The molecule has 84 valence electrons. The second kappa shape index (κ2) is 6.37. The minimum atomic E-state index is -0.339. The van der Waals surface area contributed by atoms with E-state index in [0.717, 1.165) is 19.3 Å². The topological polar surface area (TPSA) is 66.8 Å². The van der Waals surface area contributed by atoms with Gasteiger partial charge in [0.15, 0.2) is 0 Å². The molecule has 1 aliphatic heterocycles. The first-order chi connectivity index (χ1) is 7.27. The average molecular weight is 212 g/mol. The number of aliphatic hydroxyl groups is 2. The molecule has 0 fully saturated rings. The van der Waals surface area contributed by atoms with Crippen LogP contribution in [-0.2, 0) is 9.53 Å². The number of carbonyl (C=O) groups excluding carboxylic acids is 1. The Balaban J connectivity index is 2.41. The van der Waals surface area contributed by atoms with Crippen molar-refractivity contribution in [3.8, 4) is 0 Å². The summed E-state index contributed by atoms with van der Waals surface area (Å²) in [6.45, 7) is 0.0848. The van der Waals surface area contributed by atoms with Crippen molar-refractivity contribution in [1.82, 2.24) is 0 Å². The molecule has 2 N–H and O–H groups in total. The van der Waals surface area contributed by atoms with E-state index >= 15 is 0 Å². The maximum absolute atomic E-state index is 11.3. The lowest BCUT2D eigenvalue weighted by Gasteiger charge is -2.06. The molecule has 0 amide bonds. The monoisotopic (exact) mass is 212 g/mol. The molecule has 1 aliphatic rings. The maximum Gasteiger partial charge on any atom is 0.338 e. The standard InChI is InChI=1S/C11H16O4/c12-6-2-1-5-10-8-9(4-3-7-13)11(14)15-10/h3-4,8,10,12-13H,1-2,5-7H2/b4-3+/t10-/m0/s1. The van der Waals surface area contributed by atoms with Crippen molar-refractivity contribution in [2.45, 2.75) is 25.4 Å². The van der Waals surface area contributed by atoms with Crippen LogP contribution < -0.4 is 0 Å². The summed E-state index contributed by atoms with van der Waals surface area (Å²) in [5, 5.41) is 17.2. The molecule has 15 heavy (non-hydrogen) atoms. The van der Waals surface area contributed by atoms with Crippen molar-refractivity contribution in [2.75, 3.05) is 13.2 Å². The summed E-state index contributed by atoms with van der Waals surface area (Å²) >= 11 is 0. The largest absolute Gasteiger partial charge is 0.455 e. The van der Waals surface area contributed by atoms with Gasteiger partial charge in [-0.15, -0.1) is 0 Å². The molecule has 1 heterocycles. The van der Waals surface area contributed by atoms with E-state index in [-0.39, 0.29) is 25.3 Å². The second-order valence-corrected chi connectivity index (χ2v) is 3.37. The van der Waals surface area contributed by atoms with E-state index in [0.29, 0.717) is 5.57 Å². The highest BCUT2D eigenvalue weighted by Crippen LogP contribution is 2.19. The molecule has 0 aromatic carbocycles. The van der Waals surface area contributed by atoms with Crippen LogP contribution >= 0.6 is 0 Å². The zero-order chi connectivity index (χ0) is 11.1. The van der Waals surface area contributed by atoms with Gasteiger partial charge in [0.2, 0.25) is 0 Å². The van der Waals surface area contributed by atoms with Crippen molar-refractivity contribution in [3.05, 3.63) is 23.8 Å². The number of hydrogen-bond acceptors (Lipinski definition) is 4. The third-order valence-corrected chi connectivity index (χ3v) is 2.16. The number of hydrogen-bond donors (Lipinski definition) is 2. The molecule has 0 spiro atoms. The van der Waals surface area contributed by atoms with Gasteiger partial charge in [-0.3, -0.25) is 0 Å². The lowest BCUT2D eigenvalue weighted by Crippen LogP contribution is -2.08. The van der Waals surface area contributed by atoms with E-state index in [1.807, 2.05) is 0 Å². The van der Waals surface area contributed by atoms with Crippen LogP contribution in [-0.4, -0.2) is 35.5 Å². The van der Waals surface area contributed by atoms with Crippen LogP contribution in [0.1, 0.15) is 19.3 Å². The van der Waals surface area contributed by atoms with E-state index in [1.54, 1.807) is 12.2 Å². The van der Waals surface area contributed by atoms with Crippen LogP contribution in [0, 0.1) is 0 Å². The van der Waals surface area contributed by atoms with Crippen LogP contribution in [0.5, 0.6) is 0 Å². The van der Waals surface area contributed by atoms with Crippen molar-refractivity contribution >= 4 is 5.97 Å². The Morgan fingerprint density at radius 3 is 2.87 bits per heavy atom. The predicted molar refractivity (Wildman–Crippen MR) is 55.1 cm³/mol. The average Bonchev–Trinajstić information content (AvgIpc) is 2.57. The third kappa shape index (κ3) is 3.85. The van der Waals surface area contributed by atoms with Gasteiger partial charge in [0.05, 0.1) is 12.2 Å². The number of esters is 1. The molecule has 0 aliphatic carbocycles. The van der Waals surface area contributed by atoms with Gasteiger partial charge in [0, 0.05) is 6.61 Å². The molecule has 0 aromatic heterocycles. The summed E-state index contributed by atoms with van der Waals surface area (Å²) in [6.07, 6.45) is 6.94. The molecular formula is C11H16O4. The maximum atomic E-state index is 11.3. The summed E-state index contributed by atoms with van der Waals surface area (Å²) < 4.78 is 5.07. The highest BCUT2D eigenvalue weighted by atomic mass is 16.5. The molecule has 0 unspecified atom stereocenters. The first-order valence-electron chi connectivity index (χ1n) is 5.09. The highest BCUT2D eigenvalue weighted by molar-refractivity contribution is 5.93.